The Balaban J connectivity index is 1.91. The van der Waals surface area contributed by atoms with Crippen LogP contribution in [-0.2, 0) is 14.3 Å². The fourth-order valence-electron chi connectivity index (χ4n) is 2.35. The normalized spacial score (nSPS) is 18.1. The van der Waals surface area contributed by atoms with Crippen molar-refractivity contribution in [1.29, 1.82) is 0 Å². The minimum atomic E-state index is -0.655. The average Bonchev–Trinajstić information content (AvgIpc) is 2.86. The number of nitrogens with zero attached hydrogens (tertiary/aromatic N) is 1. The topological polar surface area (TPSA) is 58.6 Å². The number of amides is 2. The quantitative estimate of drug-likeness (QED) is 0.636. The highest BCUT2D eigenvalue weighted by Crippen LogP contribution is 2.25. The minimum Gasteiger partial charge on any atom is -0.385 e. The van der Waals surface area contributed by atoms with Gasteiger partial charge < -0.3 is 15.0 Å². The molecular weight excluding hydrogens is 275 g/mol. The van der Waals surface area contributed by atoms with E-state index >= 15 is 0 Å². The number of carbonyl (C=O) groups is 2. The Morgan fingerprint density at radius 1 is 1.43 bits per heavy atom. The van der Waals surface area contributed by atoms with Gasteiger partial charge in [-0.25, -0.2) is 4.39 Å². The van der Waals surface area contributed by atoms with E-state index in [-0.39, 0.29) is 17.6 Å². The third-order valence-electron chi connectivity index (χ3n) is 3.48. The molecule has 0 spiro atoms. The fourth-order valence-corrected chi connectivity index (χ4v) is 2.35. The Morgan fingerprint density at radius 2 is 2.14 bits per heavy atom. The predicted molar refractivity (Wildman–Crippen MR) is 76.4 cm³/mol. The van der Waals surface area contributed by atoms with E-state index in [2.05, 4.69) is 5.32 Å². The van der Waals surface area contributed by atoms with Gasteiger partial charge in [0.2, 0.25) is 11.8 Å². The molecule has 1 saturated heterocycles. The molecule has 114 valence electrons. The van der Waals surface area contributed by atoms with Gasteiger partial charge in [-0.3, -0.25) is 9.59 Å². The van der Waals surface area contributed by atoms with Gasteiger partial charge in [0.1, 0.15) is 11.7 Å². The lowest BCUT2D eigenvalue weighted by atomic mass is 10.1. The lowest BCUT2D eigenvalue weighted by molar-refractivity contribution is -0.132. The zero-order valence-corrected chi connectivity index (χ0v) is 12.0. The number of carbonyl (C=O) groups excluding carboxylic acids is 2. The summed E-state index contributed by atoms with van der Waals surface area (Å²) in [6, 6.07) is 5.71. The summed E-state index contributed by atoms with van der Waals surface area (Å²) < 4.78 is 17.8. The molecule has 1 fully saturated rings. The standard InChI is InChI=1S/C15H19FN2O3/c1-21-10-2-8-17-14(19)13-7-9-18(15(13)20)12-5-3-11(16)4-6-12/h3-6,13H,2,7-10H2,1H3,(H,17,19)/t13-/m0/s1. The van der Waals surface area contributed by atoms with Gasteiger partial charge in [-0.1, -0.05) is 0 Å². The molecule has 1 aromatic carbocycles. The number of ether oxygens (including phenoxy) is 1. The van der Waals surface area contributed by atoms with Crippen LogP contribution in [0.5, 0.6) is 0 Å². The first-order valence-corrected chi connectivity index (χ1v) is 6.97. The number of nitrogens with one attached hydrogen (secondary N) is 1. The lowest BCUT2D eigenvalue weighted by Crippen LogP contribution is -2.37. The summed E-state index contributed by atoms with van der Waals surface area (Å²) in [6.07, 6.45) is 1.19. The highest BCUT2D eigenvalue weighted by molar-refractivity contribution is 6.09. The Labute approximate surface area is 123 Å². The van der Waals surface area contributed by atoms with Gasteiger partial charge in [0.05, 0.1) is 0 Å². The smallest absolute Gasteiger partial charge is 0.239 e. The number of hydrogen-bond acceptors (Lipinski definition) is 3. The second kappa shape index (κ2) is 7.17. The molecule has 0 radical (unpaired) electrons. The molecule has 1 aromatic rings. The molecular formula is C15H19FN2O3. The Morgan fingerprint density at radius 3 is 2.81 bits per heavy atom. The molecule has 1 aliphatic rings. The van der Waals surface area contributed by atoms with Crippen molar-refractivity contribution in [2.45, 2.75) is 12.8 Å². The van der Waals surface area contributed by atoms with E-state index in [0.717, 1.165) is 0 Å². The molecule has 0 aromatic heterocycles. The maximum absolute atomic E-state index is 12.9. The largest absolute Gasteiger partial charge is 0.385 e. The van der Waals surface area contributed by atoms with Crippen LogP contribution >= 0.6 is 0 Å². The molecule has 0 bridgehead atoms. The van der Waals surface area contributed by atoms with E-state index in [0.29, 0.717) is 38.2 Å². The number of halogens is 1. The van der Waals surface area contributed by atoms with Gasteiger partial charge in [-0.2, -0.15) is 0 Å². The SMILES string of the molecule is COCCCNC(=O)[C@@H]1CCN(c2ccc(F)cc2)C1=O. The summed E-state index contributed by atoms with van der Waals surface area (Å²) in [5, 5.41) is 2.74. The lowest BCUT2D eigenvalue weighted by Gasteiger charge is -2.16. The predicted octanol–water partition coefficient (Wildman–Crippen LogP) is 1.33. The van der Waals surface area contributed by atoms with Gasteiger partial charge in [-0.15, -0.1) is 0 Å². The molecule has 6 heteroatoms. The molecule has 5 nitrogen and oxygen atoms in total. The minimum absolute atomic E-state index is 0.231. The van der Waals surface area contributed by atoms with Gasteiger partial charge >= 0.3 is 0 Å². The summed E-state index contributed by atoms with van der Waals surface area (Å²) in [6.45, 7) is 1.54. The number of rotatable bonds is 6. The zero-order valence-electron chi connectivity index (χ0n) is 12.0. The van der Waals surface area contributed by atoms with E-state index in [9.17, 15) is 14.0 Å². The van der Waals surface area contributed by atoms with Crippen LogP contribution in [0, 0.1) is 11.7 Å². The molecule has 2 amide bonds. The Hall–Kier alpha value is -1.95. The summed E-state index contributed by atoms with van der Waals surface area (Å²) in [5.41, 5.74) is 0.621. The van der Waals surface area contributed by atoms with E-state index < -0.39 is 5.92 Å². The first-order valence-electron chi connectivity index (χ1n) is 6.97. The fraction of sp³-hybridized carbons (Fsp3) is 0.467. The number of benzene rings is 1. The van der Waals surface area contributed by atoms with Gasteiger partial charge in [0, 0.05) is 32.5 Å². The van der Waals surface area contributed by atoms with Crippen molar-refractivity contribution >= 4 is 17.5 Å². The Kier molecular flexibility index (Phi) is 5.27. The third-order valence-corrected chi connectivity index (χ3v) is 3.48. The summed E-state index contributed by atoms with van der Waals surface area (Å²) >= 11 is 0. The second-order valence-corrected chi connectivity index (χ2v) is 4.94. The van der Waals surface area contributed by atoms with Crippen LogP contribution in [0.2, 0.25) is 0 Å². The van der Waals surface area contributed by atoms with Gasteiger partial charge in [0.25, 0.3) is 0 Å². The first-order chi connectivity index (χ1) is 10.1. The molecule has 1 N–H and O–H groups in total. The Bertz CT molecular complexity index is 504. The van der Waals surface area contributed by atoms with E-state index in [1.54, 1.807) is 19.2 Å². The van der Waals surface area contributed by atoms with Crippen molar-refractivity contribution in [1.82, 2.24) is 5.32 Å². The third kappa shape index (κ3) is 3.78. The van der Waals surface area contributed by atoms with Crippen LogP contribution in [-0.4, -0.2) is 38.6 Å². The number of methoxy groups -OCH3 is 1. The molecule has 1 atom stereocenters. The van der Waals surface area contributed by atoms with Crippen molar-refractivity contribution < 1.29 is 18.7 Å². The maximum atomic E-state index is 12.9. The monoisotopic (exact) mass is 294 g/mol. The molecule has 1 aliphatic heterocycles. The van der Waals surface area contributed by atoms with Crippen molar-refractivity contribution in [3.05, 3.63) is 30.1 Å². The van der Waals surface area contributed by atoms with Crippen LogP contribution in [0.4, 0.5) is 10.1 Å². The van der Waals surface area contributed by atoms with Crippen LogP contribution in [0.25, 0.3) is 0 Å². The van der Waals surface area contributed by atoms with Gasteiger partial charge in [0.15, 0.2) is 0 Å². The molecule has 0 unspecified atom stereocenters. The summed E-state index contributed by atoms with van der Waals surface area (Å²) in [7, 11) is 1.60. The van der Waals surface area contributed by atoms with Crippen molar-refractivity contribution in [3.8, 4) is 0 Å². The van der Waals surface area contributed by atoms with Crippen molar-refractivity contribution in [2.24, 2.45) is 5.92 Å². The first kappa shape index (κ1) is 15.4. The highest BCUT2D eigenvalue weighted by atomic mass is 19.1. The van der Waals surface area contributed by atoms with E-state index in [4.69, 9.17) is 4.74 Å². The average molecular weight is 294 g/mol. The summed E-state index contributed by atoms with van der Waals surface area (Å²) in [5.74, 6) is -1.48. The molecule has 2 rings (SSSR count). The van der Waals surface area contributed by atoms with Crippen LogP contribution in [0.15, 0.2) is 24.3 Å². The maximum Gasteiger partial charge on any atom is 0.239 e. The zero-order chi connectivity index (χ0) is 15.2. The van der Waals surface area contributed by atoms with Crippen LogP contribution in [0.1, 0.15) is 12.8 Å². The van der Waals surface area contributed by atoms with Crippen molar-refractivity contribution in [3.63, 3.8) is 0 Å². The molecule has 1 heterocycles. The number of hydrogen-bond donors (Lipinski definition) is 1. The van der Waals surface area contributed by atoms with Crippen molar-refractivity contribution in [2.75, 3.05) is 31.7 Å². The van der Waals surface area contributed by atoms with Gasteiger partial charge in [-0.05, 0) is 37.1 Å². The van der Waals surface area contributed by atoms with E-state index in [1.807, 2.05) is 0 Å². The van der Waals surface area contributed by atoms with E-state index in [1.165, 1.54) is 17.0 Å². The molecule has 21 heavy (non-hydrogen) atoms. The molecule has 0 saturated carbocycles. The van der Waals surface area contributed by atoms with Crippen LogP contribution < -0.4 is 10.2 Å². The summed E-state index contributed by atoms with van der Waals surface area (Å²) in [4.78, 5) is 25.8. The highest BCUT2D eigenvalue weighted by Gasteiger charge is 2.37. The molecule has 0 aliphatic carbocycles. The number of anilines is 1. The second-order valence-electron chi connectivity index (χ2n) is 4.94. The van der Waals surface area contributed by atoms with Crippen LogP contribution in [0.3, 0.4) is 0 Å².